The number of thioether (sulfide) groups is 1. The lowest BCUT2D eigenvalue weighted by molar-refractivity contribution is -0.141. The van der Waals surface area contributed by atoms with Gasteiger partial charge in [0.15, 0.2) is 0 Å². The fraction of sp³-hybridized carbons (Fsp3) is 0.429. The van der Waals surface area contributed by atoms with Crippen LogP contribution in [0, 0.1) is 13.8 Å². The van der Waals surface area contributed by atoms with Crippen molar-refractivity contribution in [2.45, 2.75) is 43.9 Å². The van der Waals surface area contributed by atoms with E-state index in [0.29, 0.717) is 0 Å². The summed E-state index contributed by atoms with van der Waals surface area (Å²) in [4.78, 5) is 23.5. The van der Waals surface area contributed by atoms with Crippen LogP contribution in [0.4, 0.5) is 0 Å². The number of aryl methyl sites for hydroxylation is 2. The molecule has 0 saturated heterocycles. The van der Waals surface area contributed by atoms with Gasteiger partial charge in [0.2, 0.25) is 5.91 Å². The van der Waals surface area contributed by atoms with Crippen molar-refractivity contribution in [2.24, 2.45) is 0 Å². The molecule has 0 aliphatic heterocycles. The van der Waals surface area contributed by atoms with Crippen LogP contribution in [-0.4, -0.2) is 28.3 Å². The molecule has 1 amide bonds. The van der Waals surface area contributed by atoms with Crippen LogP contribution in [0.3, 0.4) is 0 Å². The summed E-state index contributed by atoms with van der Waals surface area (Å²) in [6.07, 6.45) is 0. The summed E-state index contributed by atoms with van der Waals surface area (Å²) in [6.45, 7) is 7.24. The normalized spacial score (nSPS) is 13.7. The van der Waals surface area contributed by atoms with E-state index in [9.17, 15) is 9.59 Å². The van der Waals surface area contributed by atoms with Crippen molar-refractivity contribution in [3.8, 4) is 0 Å². The van der Waals surface area contributed by atoms with Gasteiger partial charge >= 0.3 is 5.97 Å². The van der Waals surface area contributed by atoms with Crippen LogP contribution in [0.25, 0.3) is 0 Å². The summed E-state index contributed by atoms with van der Waals surface area (Å²) in [6, 6.07) is 5.24. The first-order chi connectivity index (χ1) is 8.79. The van der Waals surface area contributed by atoms with Gasteiger partial charge < -0.3 is 10.4 Å². The molecule has 1 aromatic rings. The zero-order valence-corrected chi connectivity index (χ0v) is 12.4. The maximum atomic E-state index is 11.8. The zero-order chi connectivity index (χ0) is 14.6. The molecular weight excluding hydrogens is 262 g/mol. The molecule has 0 aliphatic rings. The molecule has 104 valence electrons. The Hall–Kier alpha value is -1.49. The van der Waals surface area contributed by atoms with E-state index in [0.717, 1.165) is 16.0 Å². The first-order valence-electron chi connectivity index (χ1n) is 6.07. The number of hydrogen-bond acceptors (Lipinski definition) is 3. The lowest BCUT2D eigenvalue weighted by Crippen LogP contribution is -2.42. The molecule has 0 bridgehead atoms. The third-order valence-corrected chi connectivity index (χ3v) is 3.68. The number of carboxylic acid groups (broad SMARTS) is 1. The van der Waals surface area contributed by atoms with E-state index >= 15 is 0 Å². The molecule has 0 aliphatic carbocycles. The van der Waals surface area contributed by atoms with Crippen LogP contribution >= 0.6 is 11.8 Å². The number of carbonyl (C=O) groups excluding carboxylic acids is 1. The van der Waals surface area contributed by atoms with Crippen LogP contribution in [0.2, 0.25) is 0 Å². The number of hydrogen-bond donors (Lipinski definition) is 2. The average Bonchev–Trinajstić information content (AvgIpc) is 2.26. The number of aliphatic carboxylic acids is 1. The Morgan fingerprint density at radius 3 is 2.16 bits per heavy atom. The van der Waals surface area contributed by atoms with Gasteiger partial charge in [-0.25, -0.2) is 0 Å². The first-order valence-corrected chi connectivity index (χ1v) is 6.95. The quantitative estimate of drug-likeness (QED) is 0.813. The SMILES string of the molecule is Cc1cc(C)cc(SC(C)C(=O)NC(C)C(=O)O)c1. The van der Waals surface area contributed by atoms with Gasteiger partial charge in [0.05, 0.1) is 5.25 Å². The number of carbonyl (C=O) groups is 2. The van der Waals surface area contributed by atoms with Gasteiger partial charge in [-0.1, -0.05) is 6.07 Å². The average molecular weight is 281 g/mol. The lowest BCUT2D eigenvalue weighted by atomic mass is 10.2. The molecule has 0 aromatic heterocycles. The molecule has 1 rings (SSSR count). The molecule has 0 spiro atoms. The van der Waals surface area contributed by atoms with Gasteiger partial charge in [-0.2, -0.15) is 0 Å². The maximum Gasteiger partial charge on any atom is 0.325 e. The van der Waals surface area contributed by atoms with Crippen LogP contribution in [0.1, 0.15) is 25.0 Å². The Morgan fingerprint density at radius 2 is 1.68 bits per heavy atom. The van der Waals surface area contributed by atoms with Gasteiger partial charge in [0.1, 0.15) is 6.04 Å². The highest BCUT2D eigenvalue weighted by molar-refractivity contribution is 8.00. The standard InChI is InChI=1S/C14H19NO3S/c1-8-5-9(2)7-12(6-8)19-11(4)13(16)15-10(3)14(17)18/h5-7,10-11H,1-4H3,(H,15,16)(H,17,18). The summed E-state index contributed by atoms with van der Waals surface area (Å²) < 4.78 is 0. The maximum absolute atomic E-state index is 11.8. The third-order valence-electron chi connectivity index (χ3n) is 2.61. The number of amides is 1. The minimum atomic E-state index is -1.03. The topological polar surface area (TPSA) is 66.4 Å². The van der Waals surface area contributed by atoms with E-state index in [-0.39, 0.29) is 11.2 Å². The Balaban J connectivity index is 2.66. The fourth-order valence-corrected chi connectivity index (χ4v) is 2.74. The highest BCUT2D eigenvalue weighted by Gasteiger charge is 2.19. The fourth-order valence-electron chi connectivity index (χ4n) is 1.65. The second-order valence-corrected chi connectivity index (χ2v) is 6.07. The largest absolute Gasteiger partial charge is 0.480 e. The van der Waals surface area contributed by atoms with Crippen LogP contribution in [0.5, 0.6) is 0 Å². The van der Waals surface area contributed by atoms with Crippen molar-refractivity contribution >= 4 is 23.6 Å². The van der Waals surface area contributed by atoms with E-state index < -0.39 is 12.0 Å². The molecule has 2 unspecified atom stereocenters. The van der Waals surface area contributed by atoms with Crippen LogP contribution in [0.15, 0.2) is 23.1 Å². The summed E-state index contributed by atoms with van der Waals surface area (Å²) in [5.74, 6) is -1.30. The second kappa shape index (κ2) is 6.61. The van der Waals surface area contributed by atoms with E-state index in [4.69, 9.17) is 5.11 Å². The highest BCUT2D eigenvalue weighted by atomic mass is 32.2. The molecule has 2 atom stereocenters. The minimum absolute atomic E-state index is 0.265. The molecular formula is C14H19NO3S. The van der Waals surface area contributed by atoms with Gasteiger partial charge in [-0.3, -0.25) is 9.59 Å². The van der Waals surface area contributed by atoms with Crippen molar-refractivity contribution in [2.75, 3.05) is 0 Å². The summed E-state index contributed by atoms with van der Waals surface area (Å²) >= 11 is 1.43. The predicted octanol–water partition coefficient (Wildman–Crippen LogP) is 2.37. The highest BCUT2D eigenvalue weighted by Crippen LogP contribution is 2.25. The number of benzene rings is 1. The smallest absolute Gasteiger partial charge is 0.325 e. The molecule has 5 heteroatoms. The molecule has 0 radical (unpaired) electrons. The van der Waals surface area contributed by atoms with E-state index in [1.165, 1.54) is 18.7 Å². The Morgan fingerprint density at radius 1 is 1.16 bits per heavy atom. The van der Waals surface area contributed by atoms with Crippen molar-refractivity contribution in [3.63, 3.8) is 0 Å². The first kappa shape index (κ1) is 15.6. The Labute approximate surface area is 117 Å². The number of nitrogens with one attached hydrogen (secondary N) is 1. The van der Waals surface area contributed by atoms with Crippen molar-refractivity contribution in [1.82, 2.24) is 5.32 Å². The number of carboxylic acids is 1. The molecule has 4 nitrogen and oxygen atoms in total. The van der Waals surface area contributed by atoms with Crippen molar-refractivity contribution in [1.29, 1.82) is 0 Å². The predicted molar refractivity (Wildman–Crippen MR) is 76.5 cm³/mol. The molecule has 0 saturated carbocycles. The van der Waals surface area contributed by atoms with Crippen LogP contribution < -0.4 is 5.32 Å². The van der Waals surface area contributed by atoms with Gasteiger partial charge in [0, 0.05) is 4.90 Å². The molecule has 0 heterocycles. The molecule has 2 N–H and O–H groups in total. The van der Waals surface area contributed by atoms with E-state index in [2.05, 4.69) is 11.4 Å². The molecule has 1 aromatic carbocycles. The molecule has 19 heavy (non-hydrogen) atoms. The van der Waals surface area contributed by atoms with Crippen LogP contribution in [-0.2, 0) is 9.59 Å². The number of rotatable bonds is 5. The lowest BCUT2D eigenvalue weighted by Gasteiger charge is -2.15. The Bertz CT molecular complexity index is 467. The van der Waals surface area contributed by atoms with Crippen molar-refractivity contribution < 1.29 is 14.7 Å². The summed E-state index contributed by atoms with van der Waals surface area (Å²) in [5.41, 5.74) is 2.29. The van der Waals surface area contributed by atoms with Gasteiger partial charge in [0.25, 0.3) is 0 Å². The van der Waals surface area contributed by atoms with E-state index in [1.54, 1.807) is 6.92 Å². The van der Waals surface area contributed by atoms with Gasteiger partial charge in [-0.15, -0.1) is 11.8 Å². The van der Waals surface area contributed by atoms with Crippen molar-refractivity contribution in [3.05, 3.63) is 29.3 Å². The second-order valence-electron chi connectivity index (χ2n) is 4.65. The monoisotopic (exact) mass is 281 g/mol. The van der Waals surface area contributed by atoms with Gasteiger partial charge in [-0.05, 0) is 51.0 Å². The Kier molecular flexibility index (Phi) is 5.42. The van der Waals surface area contributed by atoms with E-state index in [1.807, 2.05) is 26.0 Å². The third kappa shape index (κ3) is 4.95. The molecule has 0 fully saturated rings. The summed E-state index contributed by atoms with van der Waals surface area (Å²) in [7, 11) is 0. The summed E-state index contributed by atoms with van der Waals surface area (Å²) in [5, 5.41) is 10.9. The zero-order valence-electron chi connectivity index (χ0n) is 11.6. The minimum Gasteiger partial charge on any atom is -0.480 e.